The van der Waals surface area contributed by atoms with E-state index in [4.69, 9.17) is 33.4 Å². The van der Waals surface area contributed by atoms with Crippen molar-refractivity contribution in [2.45, 2.75) is 38.0 Å². The maximum absolute atomic E-state index is 12.5. The second-order valence-corrected chi connectivity index (χ2v) is 8.27. The standard InChI is InChI=1S/2C11H10ClF3O2.2I2/c2*1-6(11(13,14)15)9(10(16)17)7-2-4-8(12)5-3-7;2*1-2/h2*2-6,9H,1H3,(H,16,17);;/t2*6-,9+;;/m11../s1. The van der Waals surface area contributed by atoms with E-state index in [1.165, 1.54) is 48.5 Å². The molecule has 0 saturated carbocycles. The molecule has 0 saturated heterocycles. The van der Waals surface area contributed by atoms with Crippen LogP contribution in [0, 0.1) is 11.8 Å². The van der Waals surface area contributed by atoms with Crippen LogP contribution in [-0.4, -0.2) is 34.5 Å². The molecule has 38 heavy (non-hydrogen) atoms. The Morgan fingerprint density at radius 1 is 0.632 bits per heavy atom. The molecule has 0 amide bonds. The number of aliphatic carboxylic acids is 2. The molecule has 216 valence electrons. The van der Waals surface area contributed by atoms with Gasteiger partial charge in [-0.05, 0) is 35.4 Å². The van der Waals surface area contributed by atoms with Crippen molar-refractivity contribution in [3.8, 4) is 0 Å². The number of hydrogen-bond donors (Lipinski definition) is 2. The molecule has 0 radical (unpaired) electrons. The fourth-order valence-electron chi connectivity index (χ4n) is 3.01. The fraction of sp³-hybridized carbons (Fsp3) is 0.364. The first kappa shape index (κ1) is 40.6. The molecular formula is C22H20Cl2F6I4O4. The number of halogens is 12. The lowest BCUT2D eigenvalue weighted by Crippen LogP contribution is -2.31. The molecule has 0 aliphatic carbocycles. The van der Waals surface area contributed by atoms with E-state index in [-0.39, 0.29) is 11.1 Å². The maximum atomic E-state index is 12.5. The van der Waals surface area contributed by atoms with E-state index in [9.17, 15) is 35.9 Å². The number of hydrogen-bond acceptors (Lipinski definition) is 2. The van der Waals surface area contributed by atoms with Crippen LogP contribution in [0.4, 0.5) is 26.3 Å². The highest BCUT2D eigenvalue weighted by molar-refractivity contribution is 15.0. The van der Waals surface area contributed by atoms with Gasteiger partial charge in [-0.25, -0.2) is 0 Å². The van der Waals surface area contributed by atoms with Crippen molar-refractivity contribution in [1.29, 1.82) is 0 Å². The third kappa shape index (κ3) is 14.4. The van der Waals surface area contributed by atoms with Crippen LogP contribution in [-0.2, 0) is 9.59 Å². The Hall–Kier alpha value is 0.460. The molecule has 0 fully saturated rings. The quantitative estimate of drug-likeness (QED) is 0.223. The van der Waals surface area contributed by atoms with Crippen LogP contribution in [0.5, 0.6) is 0 Å². The molecule has 0 aromatic heterocycles. The van der Waals surface area contributed by atoms with E-state index < -0.39 is 48.0 Å². The molecule has 2 aromatic carbocycles. The number of benzene rings is 2. The number of alkyl halides is 6. The summed E-state index contributed by atoms with van der Waals surface area (Å²) in [7, 11) is 0. The molecule has 4 atom stereocenters. The van der Waals surface area contributed by atoms with Crippen LogP contribution in [0.15, 0.2) is 48.5 Å². The Kier molecular flexibility index (Phi) is 20.9. The Morgan fingerprint density at radius 2 is 0.842 bits per heavy atom. The summed E-state index contributed by atoms with van der Waals surface area (Å²) in [4.78, 5) is 21.9. The summed E-state index contributed by atoms with van der Waals surface area (Å²) in [6, 6.07) is 10.7. The number of rotatable bonds is 6. The van der Waals surface area contributed by atoms with Crippen LogP contribution in [0.1, 0.15) is 36.8 Å². The summed E-state index contributed by atoms with van der Waals surface area (Å²) >= 11 is 19.7. The Bertz CT molecular complexity index is 898. The van der Waals surface area contributed by atoms with Gasteiger partial charge in [-0.3, -0.25) is 9.59 Å². The molecule has 0 spiro atoms. The van der Waals surface area contributed by atoms with E-state index in [1.807, 2.05) is 0 Å². The maximum Gasteiger partial charge on any atom is 0.392 e. The predicted octanol–water partition coefficient (Wildman–Crippen LogP) is 11.0. The van der Waals surface area contributed by atoms with Crippen LogP contribution in [0.2, 0.25) is 10.0 Å². The van der Waals surface area contributed by atoms with Crippen molar-refractivity contribution in [3.05, 3.63) is 69.7 Å². The highest BCUT2D eigenvalue weighted by Gasteiger charge is 2.45. The first-order chi connectivity index (χ1) is 17.5. The summed E-state index contributed by atoms with van der Waals surface area (Å²) in [5.41, 5.74) is 0.179. The van der Waals surface area contributed by atoms with Gasteiger partial charge in [0.2, 0.25) is 0 Å². The highest BCUT2D eigenvalue weighted by atomic mass is 128. The van der Waals surface area contributed by atoms with Gasteiger partial charge in [-0.15, -0.1) is 0 Å². The number of carbonyl (C=O) groups is 2. The first-order valence-corrected chi connectivity index (χ1v) is 23.2. The van der Waals surface area contributed by atoms with Gasteiger partial charge in [-0.1, -0.05) is 61.3 Å². The average Bonchev–Trinajstić information content (AvgIpc) is 2.83. The Labute approximate surface area is 272 Å². The summed E-state index contributed by atoms with van der Waals surface area (Å²) < 4.78 is 75.2. The van der Waals surface area contributed by atoms with Crippen LogP contribution >= 0.6 is 97.7 Å². The van der Waals surface area contributed by atoms with Crippen molar-refractivity contribution in [2.24, 2.45) is 11.8 Å². The molecule has 0 aliphatic heterocycles. The van der Waals surface area contributed by atoms with Gasteiger partial charge in [0, 0.05) is 84.5 Å². The minimum absolute atomic E-state index is 0.0896. The normalized spacial score (nSPS) is 14.1. The molecule has 2 aromatic rings. The van der Waals surface area contributed by atoms with Gasteiger partial charge >= 0.3 is 24.3 Å². The van der Waals surface area contributed by atoms with Gasteiger partial charge < -0.3 is 10.2 Å². The molecule has 0 heterocycles. The third-order valence-corrected chi connectivity index (χ3v) is 5.53. The summed E-state index contributed by atoms with van der Waals surface area (Å²) in [5, 5.41) is 18.5. The third-order valence-electron chi connectivity index (χ3n) is 5.02. The zero-order valence-electron chi connectivity index (χ0n) is 19.2. The SMILES string of the molecule is C[C@H]([C@H](C(=O)O)c1ccc(Cl)cc1)C(F)(F)F.C[C@H]([C@H](C(=O)O)c1ccc(Cl)cc1)C(F)(F)F.II.II. The summed E-state index contributed by atoms with van der Waals surface area (Å²) in [6.45, 7) is 1.71. The van der Waals surface area contributed by atoms with Gasteiger partial charge in [0.15, 0.2) is 0 Å². The summed E-state index contributed by atoms with van der Waals surface area (Å²) in [5.74, 6) is -10.2. The van der Waals surface area contributed by atoms with Crippen molar-refractivity contribution >= 4 is 110 Å². The Morgan fingerprint density at radius 3 is 1.00 bits per heavy atom. The molecule has 0 unspecified atom stereocenters. The highest BCUT2D eigenvalue weighted by Crippen LogP contribution is 2.38. The molecule has 2 rings (SSSR count). The summed E-state index contributed by atoms with van der Waals surface area (Å²) in [6.07, 6.45) is -9.11. The molecule has 4 nitrogen and oxygen atoms in total. The lowest BCUT2D eigenvalue weighted by atomic mass is 9.87. The topological polar surface area (TPSA) is 74.6 Å². The van der Waals surface area contributed by atoms with Gasteiger partial charge in [0.1, 0.15) is 0 Å². The molecular weight excluding hydrogens is 1020 g/mol. The zero-order chi connectivity index (χ0) is 30.4. The van der Waals surface area contributed by atoms with E-state index in [0.29, 0.717) is 10.0 Å². The monoisotopic (exact) mass is 1040 g/mol. The second-order valence-electron chi connectivity index (χ2n) is 7.40. The number of carboxylic acids is 2. The van der Waals surface area contributed by atoms with Crippen LogP contribution in [0.3, 0.4) is 0 Å². The van der Waals surface area contributed by atoms with Crippen molar-refractivity contribution < 1.29 is 46.1 Å². The smallest absolute Gasteiger partial charge is 0.392 e. The zero-order valence-corrected chi connectivity index (χ0v) is 29.3. The van der Waals surface area contributed by atoms with E-state index in [1.54, 1.807) is 0 Å². The van der Waals surface area contributed by atoms with Crippen molar-refractivity contribution in [3.63, 3.8) is 0 Å². The van der Waals surface area contributed by atoms with E-state index >= 15 is 0 Å². The van der Waals surface area contributed by atoms with Gasteiger partial charge in [-0.2, -0.15) is 26.3 Å². The predicted molar refractivity (Wildman–Crippen MR) is 170 cm³/mol. The second kappa shape index (κ2) is 19.6. The van der Waals surface area contributed by atoms with Crippen LogP contribution < -0.4 is 0 Å². The minimum atomic E-state index is -4.55. The lowest BCUT2D eigenvalue weighted by molar-refractivity contribution is -0.183. The van der Waals surface area contributed by atoms with Crippen molar-refractivity contribution in [1.82, 2.24) is 0 Å². The van der Waals surface area contributed by atoms with E-state index in [0.717, 1.165) is 13.8 Å². The van der Waals surface area contributed by atoms with E-state index in [2.05, 4.69) is 74.5 Å². The van der Waals surface area contributed by atoms with Gasteiger partial charge in [0.05, 0.1) is 23.7 Å². The first-order valence-electron chi connectivity index (χ1n) is 9.85. The lowest BCUT2D eigenvalue weighted by Gasteiger charge is -2.23. The molecule has 16 heteroatoms. The van der Waals surface area contributed by atoms with Crippen molar-refractivity contribution in [2.75, 3.05) is 0 Å². The molecule has 0 aliphatic rings. The van der Waals surface area contributed by atoms with Gasteiger partial charge in [0.25, 0.3) is 0 Å². The fourth-order valence-corrected chi connectivity index (χ4v) is 3.26. The molecule has 2 N–H and O–H groups in total. The number of carboxylic acid groups (broad SMARTS) is 2. The average molecular weight is 1040 g/mol. The van der Waals surface area contributed by atoms with Crippen LogP contribution in [0.25, 0.3) is 0 Å². The Balaban J connectivity index is 0. The molecule has 0 bridgehead atoms. The minimum Gasteiger partial charge on any atom is -0.481 e. The largest absolute Gasteiger partial charge is 0.481 e.